The van der Waals surface area contributed by atoms with Gasteiger partial charge in [0.2, 0.25) is 0 Å². The third kappa shape index (κ3) is 4.43. The van der Waals surface area contributed by atoms with E-state index in [1.54, 1.807) is 0 Å². The molecule has 1 aliphatic carbocycles. The normalized spacial score (nSPS) is 25.2. The minimum Gasteiger partial charge on any atom is -0.381 e. The SMILES string of the molecule is COC1CCCC(OC(CI)c2ccc(C)cc2)C1. The quantitative estimate of drug-likeness (QED) is 0.560. The van der Waals surface area contributed by atoms with Gasteiger partial charge in [-0.05, 0) is 38.2 Å². The summed E-state index contributed by atoms with van der Waals surface area (Å²) in [5, 5.41) is 0. The van der Waals surface area contributed by atoms with Crippen LogP contribution in [0.5, 0.6) is 0 Å². The lowest BCUT2D eigenvalue weighted by Crippen LogP contribution is -2.29. The maximum Gasteiger partial charge on any atom is 0.0918 e. The van der Waals surface area contributed by atoms with Crippen LogP contribution in [-0.2, 0) is 9.47 Å². The lowest BCUT2D eigenvalue weighted by molar-refractivity contribution is -0.0578. The molecule has 0 radical (unpaired) electrons. The van der Waals surface area contributed by atoms with Gasteiger partial charge >= 0.3 is 0 Å². The number of methoxy groups -OCH3 is 1. The van der Waals surface area contributed by atoms with Crippen molar-refractivity contribution in [1.29, 1.82) is 0 Å². The van der Waals surface area contributed by atoms with E-state index >= 15 is 0 Å². The van der Waals surface area contributed by atoms with Crippen molar-refractivity contribution in [3.8, 4) is 0 Å². The zero-order valence-electron chi connectivity index (χ0n) is 11.8. The molecule has 1 aromatic carbocycles. The van der Waals surface area contributed by atoms with Crippen LogP contribution in [0.25, 0.3) is 0 Å². The van der Waals surface area contributed by atoms with Crippen LogP contribution in [0.1, 0.15) is 42.9 Å². The molecule has 0 saturated heterocycles. The Morgan fingerprint density at radius 2 is 1.89 bits per heavy atom. The van der Waals surface area contributed by atoms with Crippen LogP contribution >= 0.6 is 22.6 Å². The van der Waals surface area contributed by atoms with Crippen molar-refractivity contribution < 1.29 is 9.47 Å². The highest BCUT2D eigenvalue weighted by Gasteiger charge is 2.25. The van der Waals surface area contributed by atoms with Gasteiger partial charge in [-0.15, -0.1) is 0 Å². The molecule has 3 unspecified atom stereocenters. The molecule has 0 N–H and O–H groups in total. The monoisotopic (exact) mass is 374 g/mol. The van der Waals surface area contributed by atoms with Crippen molar-refractivity contribution in [2.45, 2.75) is 50.9 Å². The number of ether oxygens (including phenoxy) is 2. The van der Waals surface area contributed by atoms with Gasteiger partial charge in [0.25, 0.3) is 0 Å². The number of aryl methyl sites for hydroxylation is 1. The van der Waals surface area contributed by atoms with Gasteiger partial charge in [0.05, 0.1) is 18.3 Å². The van der Waals surface area contributed by atoms with Crippen LogP contribution in [0, 0.1) is 6.92 Å². The molecule has 1 aromatic rings. The van der Waals surface area contributed by atoms with E-state index in [1.807, 2.05) is 7.11 Å². The number of hydrogen-bond donors (Lipinski definition) is 0. The van der Waals surface area contributed by atoms with Gasteiger partial charge in [-0.1, -0.05) is 52.4 Å². The summed E-state index contributed by atoms with van der Waals surface area (Å²) in [6.07, 6.45) is 5.53. The molecule has 1 saturated carbocycles. The average molecular weight is 374 g/mol. The van der Waals surface area contributed by atoms with E-state index < -0.39 is 0 Å². The lowest BCUT2D eigenvalue weighted by Gasteiger charge is -2.31. The van der Waals surface area contributed by atoms with Crippen LogP contribution in [-0.4, -0.2) is 23.7 Å². The molecule has 0 aliphatic heterocycles. The Hall–Kier alpha value is -0.130. The van der Waals surface area contributed by atoms with E-state index in [0.717, 1.165) is 10.8 Å². The van der Waals surface area contributed by atoms with Crippen LogP contribution in [0.15, 0.2) is 24.3 Å². The summed E-state index contributed by atoms with van der Waals surface area (Å²) in [6.45, 7) is 2.12. The van der Waals surface area contributed by atoms with Gasteiger partial charge in [-0.3, -0.25) is 0 Å². The van der Waals surface area contributed by atoms with Crippen LogP contribution in [0.2, 0.25) is 0 Å². The molecule has 0 bridgehead atoms. The second-order valence-electron chi connectivity index (χ2n) is 5.34. The van der Waals surface area contributed by atoms with Gasteiger partial charge < -0.3 is 9.47 Å². The van der Waals surface area contributed by atoms with Gasteiger partial charge in [-0.25, -0.2) is 0 Å². The Kier molecular flexibility index (Phi) is 6.10. The van der Waals surface area contributed by atoms with E-state index in [0.29, 0.717) is 12.2 Å². The summed E-state index contributed by atoms with van der Waals surface area (Å²) in [5.41, 5.74) is 2.59. The predicted octanol–water partition coefficient (Wildman–Crippen LogP) is 4.45. The van der Waals surface area contributed by atoms with Crippen molar-refractivity contribution in [3.63, 3.8) is 0 Å². The lowest BCUT2D eigenvalue weighted by atomic mass is 9.94. The molecule has 3 heteroatoms. The molecule has 19 heavy (non-hydrogen) atoms. The Morgan fingerprint density at radius 1 is 1.21 bits per heavy atom. The number of halogens is 1. The fraction of sp³-hybridized carbons (Fsp3) is 0.625. The molecular weight excluding hydrogens is 351 g/mol. The minimum atomic E-state index is 0.210. The topological polar surface area (TPSA) is 18.5 Å². The first kappa shape index (κ1) is 15.3. The maximum atomic E-state index is 6.31. The number of alkyl halides is 1. The van der Waals surface area contributed by atoms with E-state index in [1.165, 1.54) is 30.4 Å². The van der Waals surface area contributed by atoms with Crippen LogP contribution < -0.4 is 0 Å². The van der Waals surface area contributed by atoms with Crippen molar-refractivity contribution in [2.75, 3.05) is 11.5 Å². The number of rotatable bonds is 5. The van der Waals surface area contributed by atoms with Gasteiger partial charge in [0.1, 0.15) is 0 Å². The molecule has 0 spiro atoms. The molecule has 0 aromatic heterocycles. The molecule has 2 rings (SSSR count). The zero-order valence-corrected chi connectivity index (χ0v) is 13.9. The molecule has 1 fully saturated rings. The first-order valence-electron chi connectivity index (χ1n) is 7.03. The molecule has 3 atom stereocenters. The van der Waals surface area contributed by atoms with Crippen molar-refractivity contribution in [3.05, 3.63) is 35.4 Å². The first-order valence-corrected chi connectivity index (χ1v) is 8.56. The highest BCUT2D eigenvalue weighted by atomic mass is 127. The van der Waals surface area contributed by atoms with E-state index in [9.17, 15) is 0 Å². The second kappa shape index (κ2) is 7.60. The third-order valence-corrected chi connectivity index (χ3v) is 4.66. The molecule has 0 heterocycles. The van der Waals surface area contributed by atoms with Gasteiger partial charge in [0.15, 0.2) is 0 Å². The van der Waals surface area contributed by atoms with E-state index in [-0.39, 0.29) is 6.10 Å². The summed E-state index contributed by atoms with van der Waals surface area (Å²) in [4.78, 5) is 0. The highest BCUT2D eigenvalue weighted by molar-refractivity contribution is 14.1. The smallest absolute Gasteiger partial charge is 0.0918 e. The Labute approximate surface area is 130 Å². The largest absolute Gasteiger partial charge is 0.381 e. The summed E-state index contributed by atoms with van der Waals surface area (Å²) in [7, 11) is 1.81. The van der Waals surface area contributed by atoms with Crippen LogP contribution in [0.4, 0.5) is 0 Å². The summed E-state index contributed by atoms with van der Waals surface area (Å²) >= 11 is 2.42. The Balaban J connectivity index is 1.96. The standard InChI is InChI=1S/C16H23IO2/c1-12-6-8-13(9-7-12)16(11-17)19-15-5-3-4-14(10-15)18-2/h6-9,14-16H,3-5,10-11H2,1-2H3. The molecule has 106 valence electrons. The second-order valence-corrected chi connectivity index (χ2v) is 6.22. The summed E-state index contributed by atoms with van der Waals surface area (Å²) in [6, 6.07) is 8.71. The summed E-state index contributed by atoms with van der Waals surface area (Å²) < 4.78 is 12.8. The number of benzene rings is 1. The fourth-order valence-electron chi connectivity index (χ4n) is 2.66. The molecular formula is C16H23IO2. The third-order valence-electron chi connectivity index (χ3n) is 3.86. The molecule has 2 nitrogen and oxygen atoms in total. The van der Waals surface area contributed by atoms with Gasteiger partial charge in [-0.2, -0.15) is 0 Å². The fourth-order valence-corrected chi connectivity index (χ4v) is 3.37. The van der Waals surface area contributed by atoms with Crippen LogP contribution in [0.3, 0.4) is 0 Å². The number of hydrogen-bond acceptors (Lipinski definition) is 2. The van der Waals surface area contributed by atoms with Crippen molar-refractivity contribution in [2.24, 2.45) is 0 Å². The predicted molar refractivity (Wildman–Crippen MR) is 86.9 cm³/mol. The highest BCUT2D eigenvalue weighted by Crippen LogP contribution is 2.29. The maximum absolute atomic E-state index is 6.31. The average Bonchev–Trinajstić information content (AvgIpc) is 2.46. The first-order chi connectivity index (χ1) is 9.22. The van der Waals surface area contributed by atoms with E-state index in [4.69, 9.17) is 9.47 Å². The minimum absolute atomic E-state index is 0.210. The Bertz CT molecular complexity index is 377. The molecule has 1 aliphatic rings. The molecule has 0 amide bonds. The van der Waals surface area contributed by atoms with E-state index in [2.05, 4.69) is 53.8 Å². The zero-order chi connectivity index (χ0) is 13.7. The van der Waals surface area contributed by atoms with Crippen molar-refractivity contribution in [1.82, 2.24) is 0 Å². The summed E-state index contributed by atoms with van der Waals surface area (Å²) in [5.74, 6) is 0. The van der Waals surface area contributed by atoms with Crippen molar-refractivity contribution >= 4 is 22.6 Å². The Morgan fingerprint density at radius 3 is 2.53 bits per heavy atom. The van der Waals surface area contributed by atoms with Gasteiger partial charge in [0, 0.05) is 11.5 Å².